The number of benzene rings is 2. The second-order valence-corrected chi connectivity index (χ2v) is 6.12. The summed E-state index contributed by atoms with van der Waals surface area (Å²) in [5, 5.41) is 0.228. The zero-order valence-corrected chi connectivity index (χ0v) is 14.6. The monoisotopic (exact) mass is 362 g/mol. The van der Waals surface area contributed by atoms with E-state index >= 15 is 0 Å². The molecule has 0 amide bonds. The number of carbonyl (C=O) groups is 1. The molecule has 0 atom stereocenters. The van der Waals surface area contributed by atoms with Crippen LogP contribution in [0.2, 0.25) is 0 Å². The highest BCUT2D eigenvalue weighted by Gasteiger charge is 2.20. The number of aryl methyl sites for hydroxylation is 1. The van der Waals surface area contributed by atoms with Crippen LogP contribution in [-0.4, -0.2) is 12.9 Å². The summed E-state index contributed by atoms with van der Waals surface area (Å²) in [7, 11) is 1.45. The van der Waals surface area contributed by atoms with Gasteiger partial charge in [0.25, 0.3) is 0 Å². The lowest BCUT2D eigenvalue weighted by molar-refractivity contribution is 0.103. The number of rotatable bonds is 3. The number of ketones is 1. The Morgan fingerprint density at radius 3 is 2.44 bits per heavy atom. The second-order valence-electron chi connectivity index (χ2n) is 6.12. The molecule has 0 aliphatic rings. The Kier molecular flexibility index (Phi) is 3.88. The highest BCUT2D eigenvalue weighted by molar-refractivity contribution is 6.10. The predicted octanol–water partition coefficient (Wildman–Crippen LogP) is 3.45. The van der Waals surface area contributed by atoms with Crippen molar-refractivity contribution < 1.29 is 18.4 Å². The molecule has 4 aromatic rings. The number of hydrogen-bond acceptors (Lipinski definition) is 6. The molecule has 0 radical (unpaired) electrons. The molecule has 6 nitrogen and oxygen atoms in total. The second kappa shape index (κ2) is 6.25. The third kappa shape index (κ3) is 2.71. The van der Waals surface area contributed by atoms with Crippen molar-refractivity contribution in [3.63, 3.8) is 0 Å². The highest BCUT2D eigenvalue weighted by atomic mass is 16.5. The van der Waals surface area contributed by atoms with E-state index in [0.717, 1.165) is 5.56 Å². The molecule has 0 aliphatic carbocycles. The molecule has 134 valence electrons. The minimum atomic E-state index is -0.863. The Bertz CT molecular complexity index is 1310. The zero-order chi connectivity index (χ0) is 19.1. The summed E-state index contributed by atoms with van der Waals surface area (Å²) < 4.78 is 16.1. The van der Waals surface area contributed by atoms with Crippen molar-refractivity contribution >= 4 is 27.9 Å². The molecule has 6 heteroatoms. The molecular weight excluding hydrogens is 348 g/mol. The average Bonchev–Trinajstić information content (AvgIpc) is 2.67. The summed E-state index contributed by atoms with van der Waals surface area (Å²) in [6.45, 7) is 1.82. The van der Waals surface area contributed by atoms with Crippen LogP contribution in [0.25, 0.3) is 22.1 Å². The molecule has 2 heterocycles. The van der Waals surface area contributed by atoms with Crippen LogP contribution in [-0.2, 0) is 0 Å². The minimum Gasteiger partial charge on any atom is -0.496 e. The van der Waals surface area contributed by atoms with Crippen molar-refractivity contribution in [2.24, 2.45) is 0 Å². The SMILES string of the molecule is COc1cc(C)cc2oc3oc(=O)c(C(=O)c4ccccc4)cc3c(=O)c12. The lowest BCUT2D eigenvalue weighted by Crippen LogP contribution is -2.16. The molecule has 0 aliphatic heterocycles. The van der Waals surface area contributed by atoms with Crippen molar-refractivity contribution in [3.8, 4) is 5.75 Å². The van der Waals surface area contributed by atoms with Crippen LogP contribution in [0.3, 0.4) is 0 Å². The number of carbonyl (C=O) groups excluding carboxylic acids is 1. The first kappa shape index (κ1) is 16.8. The highest BCUT2D eigenvalue weighted by Crippen LogP contribution is 2.27. The number of hydrogen-bond donors (Lipinski definition) is 0. The lowest BCUT2D eigenvalue weighted by Gasteiger charge is -2.07. The largest absolute Gasteiger partial charge is 0.496 e. The molecular formula is C21H14O6. The number of methoxy groups -OCH3 is 1. The fraction of sp³-hybridized carbons (Fsp3) is 0.0952. The summed E-state index contributed by atoms with van der Waals surface area (Å²) in [6, 6.07) is 12.9. The van der Waals surface area contributed by atoms with E-state index in [2.05, 4.69) is 0 Å². The topological polar surface area (TPSA) is 86.7 Å². The van der Waals surface area contributed by atoms with E-state index < -0.39 is 16.8 Å². The van der Waals surface area contributed by atoms with Crippen molar-refractivity contribution in [2.45, 2.75) is 6.92 Å². The molecule has 0 N–H and O–H groups in total. The van der Waals surface area contributed by atoms with Gasteiger partial charge in [-0.25, -0.2) is 4.79 Å². The molecule has 27 heavy (non-hydrogen) atoms. The van der Waals surface area contributed by atoms with Crippen LogP contribution in [0.4, 0.5) is 0 Å². The van der Waals surface area contributed by atoms with Gasteiger partial charge in [-0.05, 0) is 30.7 Å². The summed E-state index contributed by atoms with van der Waals surface area (Å²) in [4.78, 5) is 37.9. The summed E-state index contributed by atoms with van der Waals surface area (Å²) in [5.41, 5.74) is -0.142. The number of ether oxygens (including phenoxy) is 1. The quantitative estimate of drug-likeness (QED) is 0.410. The van der Waals surface area contributed by atoms with Gasteiger partial charge >= 0.3 is 11.4 Å². The van der Waals surface area contributed by atoms with Gasteiger partial charge in [-0.3, -0.25) is 9.59 Å². The van der Waals surface area contributed by atoms with Crippen LogP contribution in [0.5, 0.6) is 5.75 Å². The van der Waals surface area contributed by atoms with Crippen LogP contribution in [0.1, 0.15) is 21.5 Å². The maximum Gasteiger partial charge on any atom is 0.349 e. The Balaban J connectivity index is 2.04. The first-order valence-electron chi connectivity index (χ1n) is 8.18. The maximum absolute atomic E-state index is 13.0. The zero-order valence-electron chi connectivity index (χ0n) is 14.6. The van der Waals surface area contributed by atoms with E-state index in [1.54, 1.807) is 42.5 Å². The first-order chi connectivity index (χ1) is 13.0. The third-order valence-electron chi connectivity index (χ3n) is 4.30. The molecule has 4 rings (SSSR count). The van der Waals surface area contributed by atoms with Gasteiger partial charge in [0, 0.05) is 5.56 Å². The molecule has 0 spiro atoms. The van der Waals surface area contributed by atoms with Gasteiger partial charge in [0.15, 0.2) is 5.78 Å². The summed E-state index contributed by atoms with van der Waals surface area (Å²) in [6.07, 6.45) is 0. The molecule has 0 saturated carbocycles. The standard InChI is InChI=1S/C21H14O6/c1-11-8-15(25-2)17-16(9-11)26-21-14(19(17)23)10-13(20(24)27-21)18(22)12-6-4-3-5-7-12/h3-10H,1-2H3. The van der Waals surface area contributed by atoms with E-state index in [9.17, 15) is 14.4 Å². The molecule has 2 aromatic carbocycles. The maximum atomic E-state index is 13.0. The van der Waals surface area contributed by atoms with Crippen molar-refractivity contribution in [3.05, 3.63) is 85.9 Å². The van der Waals surface area contributed by atoms with Gasteiger partial charge in [0.05, 0.1) is 7.11 Å². The average molecular weight is 362 g/mol. The molecule has 0 bridgehead atoms. The van der Waals surface area contributed by atoms with Crippen LogP contribution < -0.4 is 15.8 Å². The minimum absolute atomic E-state index is 0.00327. The Hall–Kier alpha value is -3.67. The number of fused-ring (bicyclic) bond motifs is 2. The lowest BCUT2D eigenvalue weighted by atomic mass is 10.0. The van der Waals surface area contributed by atoms with Gasteiger partial charge in [-0.1, -0.05) is 30.3 Å². The van der Waals surface area contributed by atoms with E-state index in [1.807, 2.05) is 6.92 Å². The van der Waals surface area contributed by atoms with E-state index in [0.29, 0.717) is 11.3 Å². The molecule has 2 aromatic heterocycles. The van der Waals surface area contributed by atoms with E-state index in [1.165, 1.54) is 13.2 Å². The Labute approximate surface area is 152 Å². The van der Waals surface area contributed by atoms with Gasteiger partial charge < -0.3 is 13.6 Å². The van der Waals surface area contributed by atoms with Gasteiger partial charge in [-0.2, -0.15) is 0 Å². The van der Waals surface area contributed by atoms with Crippen LogP contribution in [0, 0.1) is 6.92 Å². The predicted molar refractivity (Wildman–Crippen MR) is 99.7 cm³/mol. The molecule has 0 saturated heterocycles. The van der Waals surface area contributed by atoms with Crippen molar-refractivity contribution in [2.75, 3.05) is 7.11 Å². The first-order valence-corrected chi connectivity index (χ1v) is 8.18. The van der Waals surface area contributed by atoms with Crippen molar-refractivity contribution in [1.29, 1.82) is 0 Å². The van der Waals surface area contributed by atoms with Crippen LogP contribution >= 0.6 is 0 Å². The Morgan fingerprint density at radius 2 is 1.74 bits per heavy atom. The fourth-order valence-corrected chi connectivity index (χ4v) is 3.01. The van der Waals surface area contributed by atoms with Crippen molar-refractivity contribution in [1.82, 2.24) is 0 Å². The smallest absolute Gasteiger partial charge is 0.349 e. The van der Waals surface area contributed by atoms with E-state index in [-0.39, 0.29) is 27.7 Å². The van der Waals surface area contributed by atoms with Gasteiger partial charge in [0.2, 0.25) is 5.43 Å². The van der Waals surface area contributed by atoms with Gasteiger partial charge in [-0.15, -0.1) is 0 Å². The summed E-state index contributed by atoms with van der Waals surface area (Å²) in [5.74, 6) is -0.404. The molecule has 0 fully saturated rings. The summed E-state index contributed by atoms with van der Waals surface area (Å²) >= 11 is 0. The Morgan fingerprint density at radius 1 is 1.00 bits per heavy atom. The van der Waals surface area contributed by atoms with Crippen LogP contribution in [0.15, 0.2) is 67.0 Å². The molecule has 0 unspecified atom stereocenters. The third-order valence-corrected chi connectivity index (χ3v) is 4.30. The normalized spacial score (nSPS) is 11.0. The van der Waals surface area contributed by atoms with E-state index in [4.69, 9.17) is 13.6 Å². The van der Waals surface area contributed by atoms with Gasteiger partial charge in [0.1, 0.15) is 27.7 Å². The fourth-order valence-electron chi connectivity index (χ4n) is 3.01.